The van der Waals surface area contributed by atoms with Crippen LogP contribution in [0.5, 0.6) is 5.75 Å². The third-order valence-corrected chi connectivity index (χ3v) is 4.89. The minimum atomic E-state index is -4.86. The molecule has 0 unspecified atom stereocenters. The van der Waals surface area contributed by atoms with E-state index in [0.29, 0.717) is 41.2 Å². The fraction of sp³-hybridized carbons (Fsp3) is 0.261. The predicted molar refractivity (Wildman–Crippen MR) is 111 cm³/mol. The van der Waals surface area contributed by atoms with E-state index in [1.807, 2.05) is 26.8 Å². The maximum atomic E-state index is 13.4. The lowest BCUT2D eigenvalue weighted by Gasteiger charge is -2.12. The van der Waals surface area contributed by atoms with Gasteiger partial charge in [-0.05, 0) is 63.1 Å². The maximum absolute atomic E-state index is 13.4. The summed E-state index contributed by atoms with van der Waals surface area (Å²) in [7, 11) is 0. The number of anilines is 1. The first-order chi connectivity index (χ1) is 14.5. The van der Waals surface area contributed by atoms with E-state index in [1.54, 1.807) is 13.0 Å². The third-order valence-electron chi connectivity index (χ3n) is 4.89. The van der Waals surface area contributed by atoms with Crippen LogP contribution < -0.4 is 10.1 Å². The summed E-state index contributed by atoms with van der Waals surface area (Å²) in [6.07, 6.45) is -3.61. The van der Waals surface area contributed by atoms with Crippen LogP contribution in [0.15, 0.2) is 40.8 Å². The van der Waals surface area contributed by atoms with Crippen molar-refractivity contribution in [1.29, 1.82) is 0 Å². The first-order valence-electron chi connectivity index (χ1n) is 9.54. The average Bonchev–Trinajstić information content (AvgIpc) is 2.95. The second-order valence-electron chi connectivity index (χ2n) is 7.07. The van der Waals surface area contributed by atoms with Crippen LogP contribution in [0.25, 0.3) is 16.5 Å². The van der Waals surface area contributed by atoms with Gasteiger partial charge in [-0.3, -0.25) is 4.79 Å². The summed E-state index contributed by atoms with van der Waals surface area (Å²) >= 11 is 0. The molecule has 3 aromatic rings. The van der Waals surface area contributed by atoms with Crippen molar-refractivity contribution in [2.75, 3.05) is 11.9 Å². The Bertz CT molecular complexity index is 1180. The monoisotopic (exact) mass is 435 g/mol. The van der Waals surface area contributed by atoms with Gasteiger partial charge in [-0.1, -0.05) is 0 Å². The minimum absolute atomic E-state index is 0.162. The highest BCUT2D eigenvalue weighted by Crippen LogP contribution is 2.35. The molecule has 1 N–H and O–H groups in total. The van der Waals surface area contributed by atoms with E-state index in [0.717, 1.165) is 22.8 Å². The van der Waals surface area contributed by atoms with Crippen LogP contribution >= 0.6 is 0 Å². The number of rotatable bonds is 5. The quantitative estimate of drug-likeness (QED) is 0.361. The second-order valence-corrected chi connectivity index (χ2v) is 7.07. The molecule has 0 spiro atoms. The van der Waals surface area contributed by atoms with E-state index in [2.05, 4.69) is 5.32 Å². The van der Waals surface area contributed by atoms with Crippen molar-refractivity contribution in [1.82, 2.24) is 0 Å². The molecule has 0 radical (unpaired) electrons. The standard InChI is InChI=1S/C23H21F4NO3/c1-5-30-20-11-21-17(13(3)14(4)31-21)10-16(20)12(2)8-22(29)28-15-6-7-19(24)18(9-15)23(25,26)27/h6-11H,5H2,1-4H3,(H,28,29)/b12-8+. The van der Waals surface area contributed by atoms with Gasteiger partial charge in [0.1, 0.15) is 22.9 Å². The number of carbonyl (C=O) groups excluding carboxylic acids is 1. The molecule has 3 rings (SSSR count). The van der Waals surface area contributed by atoms with E-state index >= 15 is 0 Å². The van der Waals surface area contributed by atoms with E-state index in [1.165, 1.54) is 6.08 Å². The van der Waals surface area contributed by atoms with Crippen LogP contribution in [0.2, 0.25) is 0 Å². The van der Waals surface area contributed by atoms with E-state index in [-0.39, 0.29) is 5.69 Å². The highest BCUT2D eigenvalue weighted by atomic mass is 19.4. The minimum Gasteiger partial charge on any atom is -0.493 e. The summed E-state index contributed by atoms with van der Waals surface area (Å²) in [5.41, 5.74) is 1.21. The number of nitrogens with one attached hydrogen (secondary N) is 1. The molecule has 4 nitrogen and oxygen atoms in total. The Balaban J connectivity index is 1.93. The highest BCUT2D eigenvalue weighted by molar-refractivity contribution is 6.04. The number of furan rings is 1. The van der Waals surface area contributed by atoms with Gasteiger partial charge in [-0.2, -0.15) is 13.2 Å². The lowest BCUT2D eigenvalue weighted by atomic mass is 10.0. The molecule has 0 atom stereocenters. The number of halogens is 4. The van der Waals surface area contributed by atoms with Crippen molar-refractivity contribution in [3.8, 4) is 5.75 Å². The first kappa shape index (κ1) is 22.4. The van der Waals surface area contributed by atoms with Gasteiger partial charge >= 0.3 is 6.18 Å². The Morgan fingerprint density at radius 1 is 1.19 bits per heavy atom. The first-order valence-corrected chi connectivity index (χ1v) is 9.54. The van der Waals surface area contributed by atoms with Gasteiger partial charge < -0.3 is 14.5 Å². The van der Waals surface area contributed by atoms with Crippen LogP contribution in [-0.4, -0.2) is 12.5 Å². The van der Waals surface area contributed by atoms with Gasteiger partial charge in [0.15, 0.2) is 0 Å². The molecular formula is C23H21F4NO3. The maximum Gasteiger partial charge on any atom is 0.419 e. The van der Waals surface area contributed by atoms with E-state index < -0.39 is 23.5 Å². The molecule has 0 bridgehead atoms. The molecule has 2 aromatic carbocycles. The lowest BCUT2D eigenvalue weighted by Crippen LogP contribution is -2.12. The molecule has 8 heteroatoms. The summed E-state index contributed by atoms with van der Waals surface area (Å²) in [4.78, 5) is 12.4. The molecule has 0 saturated carbocycles. The van der Waals surface area contributed by atoms with Crippen LogP contribution in [0.4, 0.5) is 23.2 Å². The normalized spacial score (nSPS) is 12.3. The van der Waals surface area contributed by atoms with Crippen molar-refractivity contribution < 1.29 is 31.5 Å². The molecule has 31 heavy (non-hydrogen) atoms. The topological polar surface area (TPSA) is 51.5 Å². The Labute approximate surface area is 176 Å². The molecule has 0 saturated heterocycles. The summed E-state index contributed by atoms with van der Waals surface area (Å²) in [5, 5.41) is 3.22. The van der Waals surface area contributed by atoms with Crippen molar-refractivity contribution in [2.24, 2.45) is 0 Å². The van der Waals surface area contributed by atoms with Gasteiger partial charge in [0.05, 0.1) is 12.2 Å². The zero-order valence-corrected chi connectivity index (χ0v) is 17.4. The lowest BCUT2D eigenvalue weighted by molar-refractivity contribution is -0.140. The number of benzene rings is 2. The highest BCUT2D eigenvalue weighted by Gasteiger charge is 2.34. The number of ether oxygens (including phenoxy) is 1. The van der Waals surface area contributed by atoms with Crippen LogP contribution in [0.3, 0.4) is 0 Å². The number of hydrogen-bond donors (Lipinski definition) is 1. The van der Waals surface area contributed by atoms with Gasteiger partial charge in [0.2, 0.25) is 5.91 Å². The molecule has 0 aliphatic carbocycles. The van der Waals surface area contributed by atoms with Crippen LogP contribution in [0.1, 0.15) is 36.3 Å². The number of allylic oxidation sites excluding steroid dienone is 1. The van der Waals surface area contributed by atoms with Crippen molar-refractivity contribution in [3.05, 3.63) is 64.7 Å². The number of amides is 1. The van der Waals surface area contributed by atoms with Gasteiger partial charge in [0, 0.05) is 28.8 Å². The molecule has 0 aliphatic rings. The Hall–Kier alpha value is -3.29. The number of aryl methyl sites for hydroxylation is 2. The smallest absolute Gasteiger partial charge is 0.419 e. The van der Waals surface area contributed by atoms with Gasteiger partial charge in [-0.25, -0.2) is 4.39 Å². The Morgan fingerprint density at radius 2 is 1.90 bits per heavy atom. The van der Waals surface area contributed by atoms with Gasteiger partial charge in [-0.15, -0.1) is 0 Å². The fourth-order valence-corrected chi connectivity index (χ4v) is 3.23. The van der Waals surface area contributed by atoms with E-state index in [4.69, 9.17) is 9.15 Å². The summed E-state index contributed by atoms with van der Waals surface area (Å²) in [5.74, 6) is -0.769. The Morgan fingerprint density at radius 3 is 2.55 bits per heavy atom. The predicted octanol–water partition coefficient (Wildman–Crippen LogP) is 6.65. The Kier molecular flexibility index (Phi) is 6.10. The summed E-state index contributed by atoms with van der Waals surface area (Å²) in [6, 6.07) is 5.90. The molecule has 1 heterocycles. The second kappa shape index (κ2) is 8.45. The van der Waals surface area contributed by atoms with Crippen LogP contribution in [-0.2, 0) is 11.0 Å². The number of alkyl halides is 3. The fourth-order valence-electron chi connectivity index (χ4n) is 3.23. The van der Waals surface area contributed by atoms with E-state index in [9.17, 15) is 22.4 Å². The molecule has 0 aliphatic heterocycles. The van der Waals surface area contributed by atoms with Crippen molar-refractivity contribution in [2.45, 2.75) is 33.9 Å². The molecule has 1 amide bonds. The summed E-state index contributed by atoms with van der Waals surface area (Å²) in [6.45, 7) is 7.68. The number of carbonyl (C=O) groups is 1. The molecule has 1 aromatic heterocycles. The van der Waals surface area contributed by atoms with Crippen LogP contribution in [0, 0.1) is 19.7 Å². The SMILES string of the molecule is CCOc1cc2oc(C)c(C)c2cc1/C(C)=C/C(=O)Nc1ccc(F)c(C(F)(F)F)c1. The molecule has 164 valence electrons. The largest absolute Gasteiger partial charge is 0.493 e. The van der Waals surface area contributed by atoms with Gasteiger partial charge in [0.25, 0.3) is 0 Å². The van der Waals surface area contributed by atoms with Crippen molar-refractivity contribution in [3.63, 3.8) is 0 Å². The number of hydrogen-bond acceptors (Lipinski definition) is 3. The molecule has 0 fully saturated rings. The average molecular weight is 435 g/mol. The third kappa shape index (κ3) is 4.73. The zero-order chi connectivity index (χ0) is 22.9. The zero-order valence-electron chi connectivity index (χ0n) is 17.4. The number of fused-ring (bicyclic) bond motifs is 1. The summed E-state index contributed by atoms with van der Waals surface area (Å²) < 4.78 is 63.5. The van der Waals surface area contributed by atoms with Crippen molar-refractivity contribution >= 4 is 28.1 Å². The molecular weight excluding hydrogens is 414 g/mol.